The fourth-order valence-electron chi connectivity index (χ4n) is 0.963. The topological polar surface area (TPSA) is 18.5 Å². The number of hydrogen-bond acceptors (Lipinski definition) is 2. The maximum atomic E-state index is 12.6. The van der Waals surface area contributed by atoms with Crippen LogP contribution in [0.5, 0.6) is 5.75 Å². The Bertz CT molecular complexity index is 274. The first-order chi connectivity index (χ1) is 6.24. The van der Waals surface area contributed by atoms with Crippen LogP contribution in [0.2, 0.25) is 0 Å². The molecule has 1 rings (SSSR count). The molecule has 0 fully saturated rings. The third kappa shape index (κ3) is 3.03. The molecule has 1 aromatic carbocycles. The summed E-state index contributed by atoms with van der Waals surface area (Å²) >= 11 is 0. The molecule has 0 aliphatic rings. The third-order valence-electron chi connectivity index (χ3n) is 1.64. The van der Waals surface area contributed by atoms with Gasteiger partial charge in [0, 0.05) is 6.61 Å². The van der Waals surface area contributed by atoms with E-state index in [4.69, 9.17) is 9.47 Å². The van der Waals surface area contributed by atoms with Gasteiger partial charge < -0.3 is 9.47 Å². The fourth-order valence-corrected chi connectivity index (χ4v) is 0.963. The molecule has 0 aliphatic carbocycles. The van der Waals surface area contributed by atoms with Gasteiger partial charge in [-0.15, -0.1) is 0 Å². The molecule has 1 aromatic rings. The Morgan fingerprint density at radius 3 is 2.77 bits per heavy atom. The molecule has 0 aliphatic heterocycles. The lowest BCUT2D eigenvalue weighted by atomic mass is 10.2. The molecule has 0 spiro atoms. The summed E-state index contributed by atoms with van der Waals surface area (Å²) in [7, 11) is 0. The second-order valence-corrected chi connectivity index (χ2v) is 2.66. The zero-order valence-corrected chi connectivity index (χ0v) is 7.84. The fraction of sp³-hybridized carbons (Fsp3) is 0.400. The van der Waals surface area contributed by atoms with Crippen molar-refractivity contribution in [2.24, 2.45) is 0 Å². The molecule has 72 valence electrons. The van der Waals surface area contributed by atoms with Crippen LogP contribution >= 0.6 is 0 Å². The van der Waals surface area contributed by atoms with Gasteiger partial charge in [-0.25, -0.2) is 4.39 Å². The number of hydrogen-bond donors (Lipinski definition) is 0. The second kappa shape index (κ2) is 4.82. The number of aryl methyl sites for hydroxylation is 1. The SMILES string of the molecule is CCOCOc1ccc(F)cc1C. The zero-order valence-electron chi connectivity index (χ0n) is 7.84. The average molecular weight is 184 g/mol. The first-order valence-electron chi connectivity index (χ1n) is 4.20. The lowest BCUT2D eigenvalue weighted by Crippen LogP contribution is -2.03. The van der Waals surface area contributed by atoms with Gasteiger partial charge in [-0.1, -0.05) is 0 Å². The number of halogens is 1. The molecule has 0 radical (unpaired) electrons. The summed E-state index contributed by atoms with van der Waals surface area (Å²) in [6, 6.07) is 4.40. The Morgan fingerprint density at radius 1 is 1.38 bits per heavy atom. The van der Waals surface area contributed by atoms with Crippen molar-refractivity contribution in [3.63, 3.8) is 0 Å². The van der Waals surface area contributed by atoms with E-state index in [1.807, 2.05) is 6.92 Å². The molecule has 3 heteroatoms. The lowest BCUT2D eigenvalue weighted by molar-refractivity contribution is 0.0219. The molecule has 0 atom stereocenters. The molecule has 13 heavy (non-hydrogen) atoms. The van der Waals surface area contributed by atoms with E-state index in [0.29, 0.717) is 12.4 Å². The van der Waals surface area contributed by atoms with Crippen LogP contribution in [0.1, 0.15) is 12.5 Å². The van der Waals surface area contributed by atoms with Crippen LogP contribution in [0.4, 0.5) is 4.39 Å². The van der Waals surface area contributed by atoms with Gasteiger partial charge in [-0.3, -0.25) is 0 Å². The normalized spacial score (nSPS) is 10.1. The Balaban J connectivity index is 2.56. The summed E-state index contributed by atoms with van der Waals surface area (Å²) in [5.41, 5.74) is 0.778. The van der Waals surface area contributed by atoms with Crippen LogP contribution in [-0.4, -0.2) is 13.4 Å². The maximum absolute atomic E-state index is 12.6. The van der Waals surface area contributed by atoms with Crippen molar-refractivity contribution in [2.45, 2.75) is 13.8 Å². The standard InChI is InChI=1S/C10H13FO2/c1-3-12-7-13-10-5-4-9(11)6-8(10)2/h4-6H,3,7H2,1-2H3. The van der Waals surface area contributed by atoms with Crippen LogP contribution < -0.4 is 4.74 Å². The average Bonchev–Trinajstić information content (AvgIpc) is 2.09. The van der Waals surface area contributed by atoms with E-state index >= 15 is 0 Å². The molecule has 0 heterocycles. The van der Waals surface area contributed by atoms with Gasteiger partial charge in [0.1, 0.15) is 11.6 Å². The van der Waals surface area contributed by atoms with Gasteiger partial charge in [-0.2, -0.15) is 0 Å². The van der Waals surface area contributed by atoms with E-state index in [0.717, 1.165) is 5.56 Å². The number of rotatable bonds is 4. The van der Waals surface area contributed by atoms with Crippen molar-refractivity contribution in [2.75, 3.05) is 13.4 Å². The molecule has 0 amide bonds. The first kappa shape index (κ1) is 9.99. The summed E-state index contributed by atoms with van der Waals surface area (Å²) in [6.07, 6.45) is 0. The van der Waals surface area contributed by atoms with E-state index in [2.05, 4.69) is 0 Å². The van der Waals surface area contributed by atoms with Crippen LogP contribution in [0, 0.1) is 12.7 Å². The van der Waals surface area contributed by atoms with E-state index in [1.54, 1.807) is 13.0 Å². The quantitative estimate of drug-likeness (QED) is 0.528. The molecule has 0 saturated carbocycles. The van der Waals surface area contributed by atoms with E-state index in [1.165, 1.54) is 12.1 Å². The molecule has 0 aromatic heterocycles. The smallest absolute Gasteiger partial charge is 0.189 e. The van der Waals surface area contributed by atoms with E-state index < -0.39 is 0 Å². The monoisotopic (exact) mass is 184 g/mol. The van der Waals surface area contributed by atoms with E-state index in [9.17, 15) is 4.39 Å². The van der Waals surface area contributed by atoms with Gasteiger partial charge in [0.05, 0.1) is 0 Å². The van der Waals surface area contributed by atoms with Crippen molar-refractivity contribution in [3.8, 4) is 5.75 Å². The van der Waals surface area contributed by atoms with Crippen molar-refractivity contribution in [1.82, 2.24) is 0 Å². The largest absolute Gasteiger partial charge is 0.467 e. The molecule has 0 unspecified atom stereocenters. The number of benzene rings is 1. The lowest BCUT2D eigenvalue weighted by Gasteiger charge is -2.08. The minimum Gasteiger partial charge on any atom is -0.467 e. The molecular formula is C10H13FO2. The van der Waals surface area contributed by atoms with Gasteiger partial charge >= 0.3 is 0 Å². The van der Waals surface area contributed by atoms with Gasteiger partial charge in [0.15, 0.2) is 6.79 Å². The van der Waals surface area contributed by atoms with E-state index in [-0.39, 0.29) is 12.6 Å². The highest BCUT2D eigenvalue weighted by atomic mass is 19.1. The highest BCUT2D eigenvalue weighted by Crippen LogP contribution is 2.17. The highest BCUT2D eigenvalue weighted by molar-refractivity contribution is 5.32. The van der Waals surface area contributed by atoms with Crippen molar-refractivity contribution >= 4 is 0 Å². The summed E-state index contributed by atoms with van der Waals surface area (Å²) in [4.78, 5) is 0. The predicted octanol–water partition coefficient (Wildman–Crippen LogP) is 2.51. The summed E-state index contributed by atoms with van der Waals surface area (Å²) in [6.45, 7) is 4.51. The van der Waals surface area contributed by atoms with Crippen LogP contribution in [0.15, 0.2) is 18.2 Å². The Hall–Kier alpha value is -1.09. The van der Waals surface area contributed by atoms with Crippen LogP contribution in [-0.2, 0) is 4.74 Å². The molecule has 2 nitrogen and oxygen atoms in total. The van der Waals surface area contributed by atoms with Crippen LogP contribution in [0.25, 0.3) is 0 Å². The van der Waals surface area contributed by atoms with Crippen LogP contribution in [0.3, 0.4) is 0 Å². The Morgan fingerprint density at radius 2 is 2.15 bits per heavy atom. The molecule has 0 saturated heterocycles. The minimum absolute atomic E-state index is 0.211. The van der Waals surface area contributed by atoms with Crippen molar-refractivity contribution < 1.29 is 13.9 Å². The van der Waals surface area contributed by atoms with Gasteiger partial charge in [-0.05, 0) is 37.6 Å². The zero-order chi connectivity index (χ0) is 9.68. The Labute approximate surface area is 77.3 Å². The highest BCUT2D eigenvalue weighted by Gasteiger charge is 1.99. The van der Waals surface area contributed by atoms with Gasteiger partial charge in [0.25, 0.3) is 0 Å². The summed E-state index contributed by atoms with van der Waals surface area (Å²) in [5.74, 6) is 0.413. The van der Waals surface area contributed by atoms with Crippen molar-refractivity contribution in [3.05, 3.63) is 29.6 Å². The minimum atomic E-state index is -0.249. The molecular weight excluding hydrogens is 171 g/mol. The Kier molecular flexibility index (Phi) is 3.71. The first-order valence-corrected chi connectivity index (χ1v) is 4.20. The molecule has 0 N–H and O–H groups in total. The van der Waals surface area contributed by atoms with Gasteiger partial charge in [0.2, 0.25) is 0 Å². The third-order valence-corrected chi connectivity index (χ3v) is 1.64. The summed E-state index contributed by atoms with van der Waals surface area (Å²) < 4.78 is 22.9. The predicted molar refractivity (Wildman–Crippen MR) is 48.3 cm³/mol. The maximum Gasteiger partial charge on any atom is 0.189 e. The molecule has 0 bridgehead atoms. The second-order valence-electron chi connectivity index (χ2n) is 2.66. The van der Waals surface area contributed by atoms with Crippen molar-refractivity contribution in [1.29, 1.82) is 0 Å². The number of ether oxygens (including phenoxy) is 2. The summed E-state index contributed by atoms with van der Waals surface area (Å²) in [5, 5.41) is 0.